The van der Waals surface area contributed by atoms with Crippen molar-refractivity contribution in [1.29, 1.82) is 0 Å². The lowest BCUT2D eigenvalue weighted by Gasteiger charge is -2.36. The maximum Gasteiger partial charge on any atom is 0.410 e. The zero-order chi connectivity index (χ0) is 27.3. The van der Waals surface area contributed by atoms with Gasteiger partial charge in [-0.25, -0.2) is 9.59 Å². The Morgan fingerprint density at radius 3 is 2.11 bits per heavy atom. The maximum atomic E-state index is 13.4. The van der Waals surface area contributed by atoms with Crippen LogP contribution in [0.5, 0.6) is 0 Å². The second kappa shape index (κ2) is 12.1. The van der Waals surface area contributed by atoms with Gasteiger partial charge in [-0.05, 0) is 66.9 Å². The monoisotopic (exact) mass is 504 g/mol. The van der Waals surface area contributed by atoms with Crippen LogP contribution in [-0.4, -0.2) is 65.4 Å². The average Bonchev–Trinajstić information content (AvgIpc) is 3.13. The first-order valence-electron chi connectivity index (χ1n) is 12.7. The van der Waals surface area contributed by atoms with Crippen LogP contribution in [0.25, 0.3) is 0 Å². The van der Waals surface area contributed by atoms with Crippen LogP contribution >= 0.6 is 0 Å². The van der Waals surface area contributed by atoms with Crippen molar-refractivity contribution in [1.82, 2.24) is 10.2 Å². The minimum absolute atomic E-state index is 0.0367. The highest BCUT2D eigenvalue weighted by Gasteiger charge is 2.44. The Labute approximate surface area is 216 Å². The van der Waals surface area contributed by atoms with Gasteiger partial charge in [0.15, 0.2) is 0 Å². The Kier molecular flexibility index (Phi) is 9.94. The summed E-state index contributed by atoms with van der Waals surface area (Å²) in [5.41, 5.74) is -0.413. The number of carbonyl (C=O) groups is 3. The quantitative estimate of drug-likeness (QED) is 0.524. The Morgan fingerprint density at radius 1 is 1.00 bits per heavy atom. The fourth-order valence-corrected chi connectivity index (χ4v) is 4.53. The first-order valence-corrected chi connectivity index (χ1v) is 12.7. The third-order valence-electron chi connectivity index (χ3n) is 6.16. The van der Waals surface area contributed by atoms with Crippen molar-refractivity contribution in [2.45, 2.75) is 110 Å². The van der Waals surface area contributed by atoms with Gasteiger partial charge >= 0.3 is 12.1 Å². The fraction of sp³-hybridized carbons (Fsp3) is 0.679. The zero-order valence-electron chi connectivity index (χ0n) is 23.3. The number of methoxy groups -OCH3 is 1. The molecule has 1 aliphatic heterocycles. The van der Waals surface area contributed by atoms with Crippen molar-refractivity contribution in [3.05, 3.63) is 35.9 Å². The molecule has 0 aromatic heterocycles. The Balaban J connectivity index is 2.21. The molecular weight excluding hydrogens is 460 g/mol. The molecule has 1 N–H and O–H groups in total. The molecule has 8 heteroatoms. The molecule has 1 heterocycles. The Bertz CT molecular complexity index is 890. The van der Waals surface area contributed by atoms with Crippen LogP contribution in [0.4, 0.5) is 4.79 Å². The molecule has 2 amide bonds. The van der Waals surface area contributed by atoms with Crippen LogP contribution in [0, 0.1) is 5.92 Å². The van der Waals surface area contributed by atoms with Gasteiger partial charge in [-0.15, -0.1) is 0 Å². The van der Waals surface area contributed by atoms with E-state index in [1.165, 1.54) is 0 Å². The van der Waals surface area contributed by atoms with Crippen LogP contribution in [-0.2, 0) is 30.2 Å². The molecule has 0 saturated carbocycles. The summed E-state index contributed by atoms with van der Waals surface area (Å²) in [6.45, 7) is 14.6. The number of carbonyl (C=O) groups excluding carboxylic acids is 3. The lowest BCUT2D eigenvalue weighted by atomic mass is 9.94. The van der Waals surface area contributed by atoms with Crippen LogP contribution in [0.2, 0.25) is 0 Å². The van der Waals surface area contributed by atoms with E-state index in [2.05, 4.69) is 5.32 Å². The fourth-order valence-electron chi connectivity index (χ4n) is 4.53. The van der Waals surface area contributed by atoms with E-state index in [9.17, 15) is 14.4 Å². The number of amides is 2. The van der Waals surface area contributed by atoms with Crippen molar-refractivity contribution in [2.75, 3.05) is 7.11 Å². The third kappa shape index (κ3) is 8.50. The van der Waals surface area contributed by atoms with Gasteiger partial charge in [0, 0.05) is 19.6 Å². The molecule has 2 rings (SSSR count). The highest BCUT2D eigenvalue weighted by atomic mass is 16.6. The van der Waals surface area contributed by atoms with Crippen LogP contribution in [0.1, 0.15) is 73.8 Å². The predicted molar refractivity (Wildman–Crippen MR) is 138 cm³/mol. The largest absolute Gasteiger partial charge is 0.458 e. The molecule has 1 aromatic rings. The van der Waals surface area contributed by atoms with Crippen molar-refractivity contribution < 1.29 is 28.6 Å². The van der Waals surface area contributed by atoms with Crippen molar-refractivity contribution in [3.63, 3.8) is 0 Å². The maximum absolute atomic E-state index is 13.4. The number of nitrogens with zero attached hydrogens (tertiary/aromatic N) is 1. The molecule has 202 valence electrons. The van der Waals surface area contributed by atoms with E-state index >= 15 is 0 Å². The summed E-state index contributed by atoms with van der Waals surface area (Å²) in [6, 6.07) is 8.27. The van der Waals surface area contributed by atoms with Gasteiger partial charge in [-0.3, -0.25) is 9.69 Å². The number of rotatable bonds is 8. The minimum Gasteiger partial charge on any atom is -0.458 e. The molecule has 0 spiro atoms. The molecular formula is C28H44N2O6. The molecule has 1 saturated heterocycles. The number of likely N-dealkylation sites (tertiary alicyclic amines) is 1. The molecule has 1 aliphatic rings. The standard InChI is InChI=1S/C28H44N2O6/c1-18-15-16-22(30(18)26(33)36-28(6,7)8)23(34-9)19(2)24(31)29-21(25(32)35-27(3,4)5)17-20-13-11-10-12-14-20/h10-14,18-19,21-23H,15-17H2,1-9H3,(H,29,31)/t18-,19+,21?,22-,23+/m0/s1. The van der Waals surface area contributed by atoms with Crippen molar-refractivity contribution >= 4 is 18.0 Å². The van der Waals surface area contributed by atoms with Gasteiger partial charge in [0.1, 0.15) is 17.2 Å². The second-order valence-electron chi connectivity index (χ2n) is 11.7. The molecule has 1 unspecified atom stereocenters. The summed E-state index contributed by atoms with van der Waals surface area (Å²) in [6.07, 6.45) is 0.792. The van der Waals surface area contributed by atoms with Crippen LogP contribution in [0.15, 0.2) is 30.3 Å². The van der Waals surface area contributed by atoms with E-state index in [0.717, 1.165) is 12.0 Å². The Morgan fingerprint density at radius 2 is 1.58 bits per heavy atom. The van der Waals surface area contributed by atoms with E-state index in [1.54, 1.807) is 39.7 Å². The number of esters is 1. The highest BCUT2D eigenvalue weighted by molar-refractivity contribution is 5.86. The topological polar surface area (TPSA) is 94.2 Å². The molecule has 0 bridgehead atoms. The summed E-state index contributed by atoms with van der Waals surface area (Å²) >= 11 is 0. The molecule has 8 nitrogen and oxygen atoms in total. The first-order chi connectivity index (χ1) is 16.6. The zero-order valence-corrected chi connectivity index (χ0v) is 23.3. The van der Waals surface area contributed by atoms with Crippen molar-refractivity contribution in [3.8, 4) is 0 Å². The SMILES string of the molecule is CO[C@H]([C@@H](C)C(=O)NC(Cc1ccccc1)C(=O)OC(C)(C)C)[C@@H]1CC[C@H](C)N1C(=O)OC(C)(C)C. The highest BCUT2D eigenvalue weighted by Crippen LogP contribution is 2.32. The van der Waals surface area contributed by atoms with Gasteiger partial charge in [-0.2, -0.15) is 0 Å². The van der Waals surface area contributed by atoms with E-state index in [0.29, 0.717) is 12.8 Å². The molecule has 36 heavy (non-hydrogen) atoms. The van der Waals surface area contributed by atoms with Gasteiger partial charge in [-0.1, -0.05) is 37.3 Å². The minimum atomic E-state index is -0.858. The van der Waals surface area contributed by atoms with E-state index in [-0.39, 0.29) is 18.0 Å². The number of benzene rings is 1. The third-order valence-corrected chi connectivity index (χ3v) is 6.16. The lowest BCUT2D eigenvalue weighted by Crippen LogP contribution is -2.54. The molecule has 1 fully saturated rings. The Hall–Kier alpha value is -2.61. The predicted octanol–water partition coefficient (Wildman–Crippen LogP) is 4.49. The number of hydrogen-bond acceptors (Lipinski definition) is 6. The lowest BCUT2D eigenvalue weighted by molar-refractivity contribution is -0.159. The second-order valence-corrected chi connectivity index (χ2v) is 11.7. The normalized spacial score (nSPS) is 20.9. The number of ether oxygens (including phenoxy) is 3. The van der Waals surface area contributed by atoms with Crippen LogP contribution < -0.4 is 5.32 Å². The summed E-state index contributed by atoms with van der Waals surface area (Å²) in [5.74, 6) is -1.46. The molecule has 5 atom stereocenters. The number of nitrogens with one attached hydrogen (secondary N) is 1. The summed E-state index contributed by atoms with van der Waals surface area (Å²) in [7, 11) is 1.54. The average molecular weight is 505 g/mol. The van der Waals surface area contributed by atoms with Gasteiger partial charge in [0.2, 0.25) is 5.91 Å². The summed E-state index contributed by atoms with van der Waals surface area (Å²) in [4.78, 5) is 41.1. The first kappa shape index (κ1) is 29.6. The molecule has 0 radical (unpaired) electrons. The van der Waals surface area contributed by atoms with Crippen molar-refractivity contribution in [2.24, 2.45) is 5.92 Å². The van der Waals surface area contributed by atoms with E-state index in [4.69, 9.17) is 14.2 Å². The summed E-state index contributed by atoms with van der Waals surface area (Å²) < 4.78 is 17.0. The van der Waals surface area contributed by atoms with Gasteiger partial charge in [0.05, 0.1) is 18.1 Å². The summed E-state index contributed by atoms with van der Waals surface area (Å²) in [5, 5.41) is 2.89. The van der Waals surface area contributed by atoms with E-state index < -0.39 is 41.3 Å². The number of hydrogen-bond donors (Lipinski definition) is 1. The van der Waals surface area contributed by atoms with E-state index in [1.807, 2.05) is 58.0 Å². The van der Waals surface area contributed by atoms with Gasteiger partial charge in [0.25, 0.3) is 0 Å². The smallest absolute Gasteiger partial charge is 0.410 e. The molecule has 1 aromatic carbocycles. The van der Waals surface area contributed by atoms with Gasteiger partial charge < -0.3 is 19.5 Å². The van der Waals surface area contributed by atoms with Crippen LogP contribution in [0.3, 0.4) is 0 Å². The molecule has 0 aliphatic carbocycles.